The summed E-state index contributed by atoms with van der Waals surface area (Å²) < 4.78 is 6.06. The second-order valence-electron chi connectivity index (χ2n) is 4.30. The molecule has 0 spiro atoms. The second-order valence-corrected chi connectivity index (χ2v) is 5.22. The number of likely N-dealkylation sites (N-methyl/N-ethyl adjacent to an activating group) is 1. The number of hydrogen-bond donors (Lipinski definition) is 0. The Morgan fingerprint density at radius 3 is 2.78 bits per heavy atom. The molecule has 0 radical (unpaired) electrons. The first-order valence-corrected chi connectivity index (χ1v) is 6.89. The van der Waals surface area contributed by atoms with Crippen LogP contribution in [0.4, 0.5) is 0 Å². The molecule has 0 N–H and O–H groups in total. The molecule has 1 aromatic rings. The lowest BCUT2D eigenvalue weighted by Gasteiger charge is -2.26. The van der Waals surface area contributed by atoms with Crippen LogP contribution < -0.4 is 0 Å². The maximum Gasteiger partial charge on any atom is 0.176 e. The Bertz CT molecular complexity index is 395. The monoisotopic (exact) mass is 313 g/mol. The summed E-state index contributed by atoms with van der Waals surface area (Å²) in [5.41, 5.74) is 0.743. The number of carbonyl (C=O) groups excluding carboxylic acids is 1. The lowest BCUT2D eigenvalue weighted by molar-refractivity contribution is 0.0788. The summed E-state index contributed by atoms with van der Waals surface area (Å²) in [6, 6.07) is 7.75. The number of halogens is 1. The maximum absolute atomic E-state index is 12.2. The maximum atomic E-state index is 12.2. The van der Waals surface area contributed by atoms with Crippen LogP contribution in [-0.4, -0.2) is 43.5 Å². The quantitative estimate of drug-likeness (QED) is 0.725. The van der Waals surface area contributed by atoms with Crippen molar-refractivity contribution in [3.05, 3.63) is 34.3 Å². The fraction of sp³-hybridized carbons (Fsp3) is 0.500. The molecule has 0 saturated heterocycles. The topological polar surface area (TPSA) is 29.5 Å². The molecule has 0 aliphatic carbocycles. The summed E-state index contributed by atoms with van der Waals surface area (Å²) in [5.74, 6) is 0.140. The van der Waals surface area contributed by atoms with E-state index in [2.05, 4.69) is 34.7 Å². The van der Waals surface area contributed by atoms with Crippen molar-refractivity contribution in [3.63, 3.8) is 0 Å². The summed E-state index contributed by atoms with van der Waals surface area (Å²) in [7, 11) is 1.68. The molecule has 1 rings (SSSR count). The zero-order valence-corrected chi connectivity index (χ0v) is 12.7. The van der Waals surface area contributed by atoms with E-state index in [1.165, 1.54) is 0 Å². The summed E-state index contributed by atoms with van der Waals surface area (Å²) in [5, 5.41) is 0. The van der Waals surface area contributed by atoms with E-state index in [1.807, 2.05) is 24.3 Å². The van der Waals surface area contributed by atoms with E-state index in [4.69, 9.17) is 4.74 Å². The van der Waals surface area contributed by atoms with Gasteiger partial charge in [-0.25, -0.2) is 0 Å². The molecule has 0 amide bonds. The molecule has 1 aromatic carbocycles. The first kappa shape index (κ1) is 15.3. The van der Waals surface area contributed by atoms with Crippen molar-refractivity contribution in [3.8, 4) is 0 Å². The van der Waals surface area contributed by atoms with Crippen molar-refractivity contribution in [1.29, 1.82) is 0 Å². The third kappa shape index (κ3) is 4.52. The largest absolute Gasteiger partial charge is 0.383 e. The molecule has 18 heavy (non-hydrogen) atoms. The Morgan fingerprint density at radius 2 is 2.22 bits per heavy atom. The van der Waals surface area contributed by atoms with E-state index < -0.39 is 0 Å². The lowest BCUT2D eigenvalue weighted by atomic mass is 10.1. The van der Waals surface area contributed by atoms with Gasteiger partial charge in [-0.05, 0) is 25.6 Å². The SMILES string of the molecule is CCN(CC(=O)c1cccc(Br)c1)C(C)COC. The average molecular weight is 314 g/mol. The van der Waals surface area contributed by atoms with Crippen molar-refractivity contribution in [2.24, 2.45) is 0 Å². The molecule has 0 fully saturated rings. The van der Waals surface area contributed by atoms with Crippen LogP contribution in [0.2, 0.25) is 0 Å². The Morgan fingerprint density at radius 1 is 1.50 bits per heavy atom. The average Bonchev–Trinajstić information content (AvgIpc) is 2.35. The van der Waals surface area contributed by atoms with Crippen molar-refractivity contribution in [1.82, 2.24) is 4.90 Å². The minimum absolute atomic E-state index is 0.140. The van der Waals surface area contributed by atoms with Crippen LogP contribution in [0.1, 0.15) is 24.2 Å². The van der Waals surface area contributed by atoms with E-state index in [0.717, 1.165) is 16.6 Å². The van der Waals surface area contributed by atoms with Crippen LogP contribution >= 0.6 is 15.9 Å². The third-order valence-corrected chi connectivity index (χ3v) is 3.42. The summed E-state index contributed by atoms with van der Waals surface area (Å²) in [6.07, 6.45) is 0. The number of Topliss-reactive ketones (excluding diaryl/α,β-unsaturated/α-hetero) is 1. The number of hydrogen-bond acceptors (Lipinski definition) is 3. The van der Waals surface area contributed by atoms with Gasteiger partial charge in [0.1, 0.15) is 0 Å². The van der Waals surface area contributed by atoms with E-state index in [1.54, 1.807) is 7.11 Å². The van der Waals surface area contributed by atoms with E-state index in [-0.39, 0.29) is 11.8 Å². The van der Waals surface area contributed by atoms with Gasteiger partial charge in [0.15, 0.2) is 5.78 Å². The summed E-state index contributed by atoms with van der Waals surface area (Å²) in [6.45, 7) is 6.03. The van der Waals surface area contributed by atoms with Crippen LogP contribution in [0.3, 0.4) is 0 Å². The standard InChI is InChI=1S/C14H20BrNO2/c1-4-16(11(2)10-18-3)9-14(17)12-6-5-7-13(15)8-12/h5-8,11H,4,9-10H2,1-3H3. The van der Waals surface area contributed by atoms with Crippen molar-refractivity contribution in [2.45, 2.75) is 19.9 Å². The van der Waals surface area contributed by atoms with E-state index >= 15 is 0 Å². The van der Waals surface area contributed by atoms with Crippen LogP contribution in [0.25, 0.3) is 0 Å². The molecular weight excluding hydrogens is 294 g/mol. The molecule has 0 aliphatic heterocycles. The van der Waals surface area contributed by atoms with Gasteiger partial charge in [-0.3, -0.25) is 9.69 Å². The summed E-state index contributed by atoms with van der Waals surface area (Å²) in [4.78, 5) is 14.3. The highest BCUT2D eigenvalue weighted by Gasteiger charge is 2.16. The van der Waals surface area contributed by atoms with Gasteiger partial charge in [-0.2, -0.15) is 0 Å². The van der Waals surface area contributed by atoms with Crippen LogP contribution in [0, 0.1) is 0 Å². The predicted molar refractivity (Wildman–Crippen MR) is 77.1 cm³/mol. The Balaban J connectivity index is 2.67. The van der Waals surface area contributed by atoms with E-state index in [9.17, 15) is 4.79 Å². The molecule has 0 bridgehead atoms. The van der Waals surface area contributed by atoms with Gasteiger partial charge in [0, 0.05) is 23.2 Å². The van der Waals surface area contributed by atoms with Gasteiger partial charge in [0.05, 0.1) is 13.2 Å². The molecule has 1 unspecified atom stereocenters. The first-order chi connectivity index (χ1) is 8.58. The summed E-state index contributed by atoms with van der Waals surface area (Å²) >= 11 is 3.38. The number of ketones is 1. The van der Waals surface area contributed by atoms with Crippen molar-refractivity contribution >= 4 is 21.7 Å². The highest BCUT2D eigenvalue weighted by Crippen LogP contribution is 2.13. The molecule has 4 heteroatoms. The smallest absolute Gasteiger partial charge is 0.176 e. The van der Waals surface area contributed by atoms with Crippen LogP contribution in [0.15, 0.2) is 28.7 Å². The van der Waals surface area contributed by atoms with Gasteiger partial charge in [0.25, 0.3) is 0 Å². The fourth-order valence-corrected chi connectivity index (χ4v) is 2.26. The van der Waals surface area contributed by atoms with Crippen molar-refractivity contribution in [2.75, 3.05) is 26.8 Å². The molecule has 3 nitrogen and oxygen atoms in total. The number of nitrogens with zero attached hydrogens (tertiary/aromatic N) is 1. The van der Waals surface area contributed by atoms with Gasteiger partial charge < -0.3 is 4.74 Å². The predicted octanol–water partition coefficient (Wildman–Crippen LogP) is 2.99. The van der Waals surface area contributed by atoms with Gasteiger partial charge in [-0.1, -0.05) is 35.0 Å². The zero-order valence-electron chi connectivity index (χ0n) is 11.1. The zero-order chi connectivity index (χ0) is 13.5. The Hall–Kier alpha value is -0.710. The van der Waals surface area contributed by atoms with Crippen molar-refractivity contribution < 1.29 is 9.53 Å². The highest BCUT2D eigenvalue weighted by atomic mass is 79.9. The molecule has 100 valence electrons. The second kappa shape index (κ2) is 7.67. The molecular formula is C14H20BrNO2. The number of methoxy groups -OCH3 is 1. The van der Waals surface area contributed by atoms with Crippen LogP contribution in [0.5, 0.6) is 0 Å². The normalized spacial score (nSPS) is 12.7. The van der Waals surface area contributed by atoms with Gasteiger partial charge in [0.2, 0.25) is 0 Å². The lowest BCUT2D eigenvalue weighted by Crippen LogP contribution is -2.39. The highest BCUT2D eigenvalue weighted by molar-refractivity contribution is 9.10. The van der Waals surface area contributed by atoms with Crippen LogP contribution in [-0.2, 0) is 4.74 Å². The fourth-order valence-electron chi connectivity index (χ4n) is 1.86. The molecule has 0 aliphatic rings. The van der Waals surface area contributed by atoms with Gasteiger partial charge in [-0.15, -0.1) is 0 Å². The number of rotatable bonds is 7. The third-order valence-electron chi connectivity index (χ3n) is 2.93. The molecule has 0 saturated carbocycles. The molecule has 0 aromatic heterocycles. The molecule has 1 atom stereocenters. The molecule has 0 heterocycles. The minimum Gasteiger partial charge on any atom is -0.383 e. The number of ether oxygens (including phenoxy) is 1. The first-order valence-electron chi connectivity index (χ1n) is 6.10. The Labute approximate surface area is 117 Å². The number of carbonyl (C=O) groups is 1. The minimum atomic E-state index is 0.140. The van der Waals surface area contributed by atoms with Gasteiger partial charge >= 0.3 is 0 Å². The Kier molecular flexibility index (Phi) is 6.54. The van der Waals surface area contributed by atoms with E-state index in [0.29, 0.717) is 13.2 Å². The number of benzene rings is 1.